The summed E-state index contributed by atoms with van der Waals surface area (Å²) >= 11 is 5.66. The highest BCUT2D eigenvalue weighted by atomic mass is 35.5. The van der Waals surface area contributed by atoms with E-state index in [9.17, 15) is 19.8 Å². The lowest BCUT2D eigenvalue weighted by atomic mass is 10.2. The van der Waals surface area contributed by atoms with E-state index in [1.54, 1.807) is 99.3 Å². The van der Waals surface area contributed by atoms with Crippen LogP contribution in [0.25, 0.3) is 76.8 Å². The maximum atomic E-state index is 10.4. The van der Waals surface area contributed by atoms with Gasteiger partial charge in [-0.05, 0) is 111 Å². The summed E-state index contributed by atoms with van der Waals surface area (Å²) in [6, 6.07) is 57.6. The number of hydrogen-bond acceptors (Lipinski definition) is 23. The van der Waals surface area contributed by atoms with Crippen LogP contribution in [-0.4, -0.2) is 110 Å². The Hall–Kier alpha value is -12.0. The first-order valence-corrected chi connectivity index (χ1v) is 33.9. The molecule has 0 unspecified atom stereocenters. The molecule has 0 aliphatic heterocycles. The number of phenolic OH excluding ortho intramolecular Hbond substituents is 2. The Labute approximate surface area is 626 Å². The number of furan rings is 7. The molecule has 4 N–H and O–H groups in total. The number of ether oxygens (including phenoxy) is 11. The monoisotopic (exact) mass is 1500 g/mol. The Bertz CT molecular complexity index is 5200. The highest BCUT2D eigenvalue weighted by Crippen LogP contribution is 2.35. The quantitative estimate of drug-likeness (QED) is 0.0384. The lowest BCUT2D eigenvalue weighted by Crippen LogP contribution is -2.09. The predicted molar refractivity (Wildman–Crippen MR) is 409 cm³/mol. The van der Waals surface area contributed by atoms with E-state index >= 15 is 0 Å². The van der Waals surface area contributed by atoms with Gasteiger partial charge in [-0.2, -0.15) is 0 Å². The number of fused-ring (bicyclic) bond motifs is 7. The van der Waals surface area contributed by atoms with Gasteiger partial charge in [0.1, 0.15) is 73.4 Å². The maximum absolute atomic E-state index is 10.4. The molecule has 7 heterocycles. The number of hydrogen-bond donors (Lipinski definition) is 4. The van der Waals surface area contributed by atoms with Crippen molar-refractivity contribution >= 4 is 101 Å². The van der Waals surface area contributed by atoms with Crippen molar-refractivity contribution in [2.45, 2.75) is 52.8 Å². The van der Waals surface area contributed by atoms with E-state index in [1.165, 1.54) is 13.2 Å². The Morgan fingerprint density at radius 2 is 0.694 bits per heavy atom. The van der Waals surface area contributed by atoms with E-state index in [0.29, 0.717) is 90.7 Å². The molecule has 0 aliphatic rings. The van der Waals surface area contributed by atoms with E-state index in [1.807, 2.05) is 153 Å². The molecule has 0 spiro atoms. The second kappa shape index (κ2) is 41.6. The van der Waals surface area contributed by atoms with E-state index in [-0.39, 0.29) is 30.3 Å². The van der Waals surface area contributed by atoms with Crippen LogP contribution in [-0.2, 0) is 62.7 Å². The zero-order chi connectivity index (χ0) is 77.5. The Kier molecular flexibility index (Phi) is 31.5. The molecule has 0 bridgehead atoms. The van der Waals surface area contributed by atoms with E-state index in [0.717, 1.165) is 112 Å². The van der Waals surface area contributed by atoms with Crippen molar-refractivity contribution in [1.82, 2.24) is 0 Å². The zero-order valence-corrected chi connectivity index (χ0v) is 62.2. The third kappa shape index (κ3) is 22.0. The summed E-state index contributed by atoms with van der Waals surface area (Å²) in [6.07, 6.45) is 0.581. The molecule has 0 radical (unpaired) electrons. The average molecular weight is 1500 g/mol. The van der Waals surface area contributed by atoms with Crippen LogP contribution in [0.2, 0.25) is 0 Å². The number of methoxy groups -OCH3 is 9. The normalized spacial score (nSPS) is 10.5. The van der Waals surface area contributed by atoms with Crippen molar-refractivity contribution in [3.05, 3.63) is 234 Å². The van der Waals surface area contributed by atoms with Gasteiger partial charge in [-0.1, -0.05) is 91.0 Å². The first-order chi connectivity index (χ1) is 52.5. The summed E-state index contributed by atoms with van der Waals surface area (Å²) in [5.41, 5.74) is 5.17. The fourth-order valence-corrected chi connectivity index (χ4v) is 10.8. The van der Waals surface area contributed by atoms with Crippen LogP contribution in [0.15, 0.2) is 219 Å². The third-order valence-corrected chi connectivity index (χ3v) is 15.6. The molecular weight excluding hydrogens is 1420 g/mol. The predicted octanol–water partition coefficient (Wildman–Crippen LogP) is 19.0. The number of carboxylic acid groups (broad SMARTS) is 1. The van der Waals surface area contributed by atoms with Crippen LogP contribution in [0, 0.1) is 6.92 Å². The first kappa shape index (κ1) is 81.6. The van der Waals surface area contributed by atoms with Gasteiger partial charge in [-0.25, -0.2) is 4.79 Å². The van der Waals surface area contributed by atoms with Gasteiger partial charge in [-0.15, -0.1) is 11.6 Å². The molecule has 0 aliphatic carbocycles. The number of para-hydroxylation sites is 8. The highest BCUT2D eigenvalue weighted by Gasteiger charge is 2.15. The number of aliphatic hydroxyl groups excluding tert-OH is 1. The Morgan fingerprint density at radius 1 is 0.389 bits per heavy atom. The zero-order valence-electron chi connectivity index (χ0n) is 61.5. The molecule has 25 heteroatoms. The highest BCUT2D eigenvalue weighted by molar-refractivity contribution is 6.17. The van der Waals surface area contributed by atoms with Crippen LogP contribution in [0.3, 0.4) is 0 Å². The van der Waals surface area contributed by atoms with Crippen LogP contribution >= 0.6 is 11.6 Å². The Morgan fingerprint density at radius 3 is 1.06 bits per heavy atom. The number of halogens is 1. The number of aliphatic carboxylic acids is 1. The molecule has 0 saturated carbocycles. The summed E-state index contributed by atoms with van der Waals surface area (Å²) < 4.78 is 94.3. The molecule has 108 heavy (non-hydrogen) atoms. The van der Waals surface area contributed by atoms with Gasteiger partial charge in [0, 0.05) is 66.1 Å². The molecule has 0 fully saturated rings. The van der Waals surface area contributed by atoms with Crippen LogP contribution in [0.1, 0.15) is 57.6 Å². The lowest BCUT2D eigenvalue weighted by molar-refractivity contribution is -0.139. The molecule has 24 nitrogen and oxygen atoms in total. The lowest BCUT2D eigenvalue weighted by Gasteiger charge is -2.02. The fraction of sp³-hybridized carbons (Fsp3) is 0.229. The number of aromatic hydroxyl groups is 2. The largest absolute Gasteiger partial charge is 0.504 e. The van der Waals surface area contributed by atoms with Crippen molar-refractivity contribution in [3.63, 3.8) is 0 Å². The summed E-state index contributed by atoms with van der Waals surface area (Å²) in [7, 11) is 14.4. The second-order valence-electron chi connectivity index (χ2n) is 22.8. The number of benzene rings is 8. The van der Waals surface area contributed by atoms with Gasteiger partial charge in [0.25, 0.3) is 0 Å². The molecule has 7 aromatic heterocycles. The van der Waals surface area contributed by atoms with Crippen molar-refractivity contribution in [2.24, 2.45) is 0 Å². The molecular formula is C83H85ClO24. The summed E-state index contributed by atoms with van der Waals surface area (Å²) in [5.74, 6) is 9.19. The second-order valence-corrected chi connectivity index (χ2v) is 23.1. The summed E-state index contributed by atoms with van der Waals surface area (Å²) in [4.78, 5) is 20.7. The fourth-order valence-electron chi connectivity index (χ4n) is 10.7. The number of alkyl halides is 1. The van der Waals surface area contributed by atoms with Gasteiger partial charge in [0.2, 0.25) is 0 Å². The van der Waals surface area contributed by atoms with E-state index in [4.69, 9.17) is 105 Å². The van der Waals surface area contributed by atoms with Gasteiger partial charge in [0.05, 0.1) is 53.6 Å². The van der Waals surface area contributed by atoms with Gasteiger partial charge in [0.15, 0.2) is 104 Å². The topological polar surface area (TPSA) is 309 Å². The molecule has 0 amide bonds. The van der Waals surface area contributed by atoms with Crippen LogP contribution in [0.5, 0.6) is 51.7 Å². The number of rotatable bonds is 21. The molecule has 0 atom stereocenters. The van der Waals surface area contributed by atoms with E-state index in [2.05, 4.69) is 0 Å². The smallest absolute Gasteiger partial charge is 0.341 e. The van der Waals surface area contributed by atoms with Gasteiger partial charge >= 0.3 is 5.97 Å². The van der Waals surface area contributed by atoms with Crippen LogP contribution < -0.4 is 33.2 Å². The average Bonchev–Trinajstić information content (AvgIpc) is 1.68. The van der Waals surface area contributed by atoms with Gasteiger partial charge in [-0.3, -0.25) is 4.79 Å². The molecule has 0 saturated heterocycles. The van der Waals surface area contributed by atoms with Crippen LogP contribution in [0.4, 0.5) is 0 Å². The minimum atomic E-state index is -1.02. The number of carbonyl (C=O) groups is 2. The minimum absolute atomic E-state index is 0.0855. The number of carboxylic acids is 1. The van der Waals surface area contributed by atoms with Crippen molar-refractivity contribution in [3.8, 4) is 51.7 Å². The molecule has 8 aromatic carbocycles. The van der Waals surface area contributed by atoms with Crippen molar-refractivity contribution in [2.75, 3.05) is 77.2 Å². The number of carbonyl (C=O) groups excluding carboxylic acids is 1. The standard InChI is InChI=1S/C12H12O5.C12H14O3.C11H12O3.C10H9ClO2.2C10H10O3.C10H10O2.C8H8O3/c1-15-6-9-5-8-3-2-4-10(12(8)17-9)16-7-11(13)14;1-3-14-11-6-4-5-9-7-10(8-13-2)15-12(9)11;1-12-7-9-6-8-4-3-5-10(13-2)11(8)14-9;1-12-9-4-2-3-7-5-8(6-11)13-10(7)9;1-12-6-8-5-7-3-2-4-9(11)10(7)13-8;1-12-9-4-2-3-7-5-8(6-11)13-10(7)9;1-7-6-8-4-3-5-9(11-2)10(8)12-7;1-11-7-4-2-3-6(5-9)8(7)10/h2-5H,6-7H2,1H3,(H,13,14);4-7H,3,8H2,1-2H3;3-6H,7H2,1-2H3;2-5H,6H2,1H3;2*2-5,11H,6H2,1H3;3-6H,1-2H3;2-5,10H,1H3. The number of aliphatic hydroxyl groups is 1. The molecule has 15 rings (SSSR count). The van der Waals surface area contributed by atoms with E-state index < -0.39 is 5.97 Å². The van der Waals surface area contributed by atoms with Crippen molar-refractivity contribution in [1.29, 1.82) is 0 Å². The van der Waals surface area contributed by atoms with Gasteiger partial charge < -0.3 is 103 Å². The minimum Gasteiger partial charge on any atom is -0.504 e. The summed E-state index contributed by atoms with van der Waals surface area (Å²) in [6.45, 7) is 5.81. The summed E-state index contributed by atoms with van der Waals surface area (Å²) in [5, 5.41) is 43.0. The SMILES string of the molecule is CCOc1cccc2cc(COC)oc12.COCc1cc2cccc(O)c2o1.COCc1cc2cccc(OC)c2o1.COCc1cc2cccc(OCC(=O)O)c2o1.COc1cccc(C=O)c1O.COc1cccc2cc(C)oc12.COc1cccc2cc(CCl)oc12.COc1cccc2cc(CO)oc12. The van der Waals surface area contributed by atoms with Crippen molar-refractivity contribution < 1.29 is 113 Å². The number of aldehydes is 1. The third-order valence-electron chi connectivity index (χ3n) is 15.3. The number of aryl methyl sites for hydroxylation is 1. The first-order valence-electron chi connectivity index (χ1n) is 33.4. The number of phenols is 2. The maximum Gasteiger partial charge on any atom is 0.341 e. The molecule has 15 aromatic rings. The molecule has 568 valence electrons. The Balaban J connectivity index is 0.000000156.